The fourth-order valence-electron chi connectivity index (χ4n) is 2.88. The number of nitrogens with zero attached hydrogens (tertiary/aromatic N) is 2. The van der Waals surface area contributed by atoms with Crippen LogP contribution in [-0.4, -0.2) is 22.9 Å². The lowest BCUT2D eigenvalue weighted by molar-refractivity contribution is -0.384. The Kier molecular flexibility index (Phi) is 4.41. The van der Waals surface area contributed by atoms with E-state index in [0.717, 1.165) is 25.1 Å². The number of non-ortho nitro benzene ring substituents is 1. The number of alkyl halides is 1. The zero-order chi connectivity index (χ0) is 15.5. The van der Waals surface area contributed by atoms with Gasteiger partial charge in [0.25, 0.3) is 5.69 Å². The molecule has 1 unspecified atom stereocenters. The fraction of sp³-hybridized carbons (Fsp3) is 0.294. The Morgan fingerprint density at radius 2 is 1.95 bits per heavy atom. The number of nitro groups is 1. The van der Waals surface area contributed by atoms with Crippen LogP contribution in [0.3, 0.4) is 0 Å². The van der Waals surface area contributed by atoms with E-state index < -0.39 is 0 Å². The number of fused-ring (bicyclic) bond motifs is 1. The summed E-state index contributed by atoms with van der Waals surface area (Å²) in [6.45, 7) is 2.54. The van der Waals surface area contributed by atoms with E-state index in [1.807, 2.05) is 6.07 Å². The lowest BCUT2D eigenvalue weighted by Crippen LogP contribution is -2.32. The third kappa shape index (κ3) is 3.29. The quantitative estimate of drug-likeness (QED) is 0.488. The molecule has 0 fully saturated rings. The average molecular weight is 317 g/mol. The van der Waals surface area contributed by atoms with Gasteiger partial charge >= 0.3 is 0 Å². The number of benzene rings is 2. The number of hydrogen-bond donors (Lipinski definition) is 0. The number of nitro benzene ring substituents is 1. The summed E-state index contributed by atoms with van der Waals surface area (Å²) < 4.78 is 0. The second-order valence-corrected chi connectivity index (χ2v) is 6.10. The molecule has 0 aromatic heterocycles. The summed E-state index contributed by atoms with van der Waals surface area (Å²) in [5.74, 6) is 0. The van der Waals surface area contributed by atoms with E-state index in [1.54, 1.807) is 12.1 Å². The fourth-order valence-corrected chi connectivity index (χ4v) is 3.21. The molecule has 1 atom stereocenters. The van der Waals surface area contributed by atoms with Crippen LogP contribution in [0.2, 0.25) is 0 Å². The van der Waals surface area contributed by atoms with Gasteiger partial charge in [0.1, 0.15) is 0 Å². The standard InChI is InChI=1S/C17H17ClN2O2/c18-17(14-6-3-7-16(10-14)20(21)22)12-19-9-8-13-4-1-2-5-15(13)11-19/h1-7,10,17H,8-9,11-12H2. The molecule has 0 bridgehead atoms. The summed E-state index contributed by atoms with van der Waals surface area (Å²) in [5, 5.41) is 10.6. The molecule has 0 N–H and O–H groups in total. The first-order chi connectivity index (χ1) is 10.6. The van der Waals surface area contributed by atoms with Crippen LogP contribution in [0.25, 0.3) is 0 Å². The summed E-state index contributed by atoms with van der Waals surface area (Å²) in [5.41, 5.74) is 3.64. The Labute approximate surface area is 134 Å². The highest BCUT2D eigenvalue weighted by Gasteiger charge is 2.20. The molecule has 0 amide bonds. The maximum Gasteiger partial charge on any atom is 0.269 e. The van der Waals surface area contributed by atoms with Crippen molar-refractivity contribution in [3.8, 4) is 0 Å². The lowest BCUT2D eigenvalue weighted by atomic mass is 9.99. The first-order valence-corrected chi connectivity index (χ1v) is 7.74. The molecule has 0 radical (unpaired) electrons. The van der Waals surface area contributed by atoms with Crippen molar-refractivity contribution in [1.29, 1.82) is 0 Å². The summed E-state index contributed by atoms with van der Waals surface area (Å²) >= 11 is 6.48. The molecule has 1 heterocycles. The summed E-state index contributed by atoms with van der Waals surface area (Å²) in [7, 11) is 0. The van der Waals surface area contributed by atoms with Crippen LogP contribution in [0.1, 0.15) is 22.1 Å². The second-order valence-electron chi connectivity index (χ2n) is 5.57. The predicted octanol–water partition coefficient (Wildman–Crippen LogP) is 3.93. The number of halogens is 1. The molecule has 0 aliphatic carbocycles. The minimum Gasteiger partial charge on any atom is -0.297 e. The zero-order valence-electron chi connectivity index (χ0n) is 12.1. The van der Waals surface area contributed by atoms with E-state index in [-0.39, 0.29) is 16.0 Å². The third-order valence-corrected chi connectivity index (χ3v) is 4.46. The normalized spacial score (nSPS) is 16.0. The van der Waals surface area contributed by atoms with Crippen LogP contribution in [0.5, 0.6) is 0 Å². The van der Waals surface area contributed by atoms with E-state index in [9.17, 15) is 10.1 Å². The smallest absolute Gasteiger partial charge is 0.269 e. The van der Waals surface area contributed by atoms with E-state index >= 15 is 0 Å². The topological polar surface area (TPSA) is 46.4 Å². The highest BCUT2D eigenvalue weighted by Crippen LogP contribution is 2.27. The van der Waals surface area contributed by atoms with Crippen LogP contribution in [0.4, 0.5) is 5.69 Å². The van der Waals surface area contributed by atoms with Crippen molar-refractivity contribution in [3.05, 3.63) is 75.3 Å². The Balaban J connectivity index is 1.69. The molecule has 3 rings (SSSR count). The van der Waals surface area contributed by atoms with E-state index in [2.05, 4.69) is 29.2 Å². The second kappa shape index (κ2) is 6.46. The molecule has 5 heteroatoms. The van der Waals surface area contributed by atoms with Gasteiger partial charge in [-0.15, -0.1) is 11.6 Å². The van der Waals surface area contributed by atoms with Crippen molar-refractivity contribution in [2.24, 2.45) is 0 Å². The van der Waals surface area contributed by atoms with E-state index in [1.165, 1.54) is 17.2 Å². The van der Waals surface area contributed by atoms with Gasteiger partial charge in [0.15, 0.2) is 0 Å². The first-order valence-electron chi connectivity index (χ1n) is 7.31. The minimum atomic E-state index is -0.385. The molecule has 0 saturated carbocycles. The van der Waals surface area contributed by atoms with Gasteiger partial charge < -0.3 is 0 Å². The highest BCUT2D eigenvalue weighted by atomic mass is 35.5. The molecule has 22 heavy (non-hydrogen) atoms. The van der Waals surface area contributed by atoms with Crippen molar-refractivity contribution in [3.63, 3.8) is 0 Å². The van der Waals surface area contributed by atoms with Gasteiger partial charge in [-0.1, -0.05) is 36.4 Å². The molecule has 4 nitrogen and oxygen atoms in total. The summed E-state index contributed by atoms with van der Waals surface area (Å²) in [4.78, 5) is 12.8. The predicted molar refractivity (Wildman–Crippen MR) is 87.1 cm³/mol. The first kappa shape index (κ1) is 15.0. The average Bonchev–Trinajstić information content (AvgIpc) is 2.55. The van der Waals surface area contributed by atoms with Gasteiger partial charge in [-0.25, -0.2) is 0 Å². The molecule has 1 aliphatic heterocycles. The molecule has 0 spiro atoms. The van der Waals surface area contributed by atoms with Crippen molar-refractivity contribution in [2.75, 3.05) is 13.1 Å². The van der Waals surface area contributed by atoms with Gasteiger partial charge in [-0.3, -0.25) is 15.0 Å². The van der Waals surface area contributed by atoms with Crippen LogP contribution in [0, 0.1) is 10.1 Å². The van der Waals surface area contributed by atoms with Crippen molar-refractivity contribution < 1.29 is 4.92 Å². The van der Waals surface area contributed by atoms with Gasteiger partial charge in [-0.2, -0.15) is 0 Å². The molecule has 114 valence electrons. The van der Waals surface area contributed by atoms with Gasteiger partial charge in [0, 0.05) is 31.8 Å². The maximum atomic E-state index is 10.9. The van der Waals surface area contributed by atoms with Gasteiger partial charge in [-0.05, 0) is 23.1 Å². The third-order valence-electron chi connectivity index (χ3n) is 4.07. The highest BCUT2D eigenvalue weighted by molar-refractivity contribution is 6.21. The van der Waals surface area contributed by atoms with Crippen LogP contribution in [-0.2, 0) is 13.0 Å². The van der Waals surface area contributed by atoms with E-state index in [0.29, 0.717) is 6.54 Å². The molecular formula is C17H17ClN2O2. The molecule has 2 aromatic carbocycles. The van der Waals surface area contributed by atoms with Crippen molar-refractivity contribution in [1.82, 2.24) is 4.90 Å². The SMILES string of the molecule is O=[N+]([O-])c1cccc(C(Cl)CN2CCc3ccccc3C2)c1. The van der Waals surface area contributed by atoms with Gasteiger partial charge in [0.2, 0.25) is 0 Å². The van der Waals surface area contributed by atoms with Crippen LogP contribution >= 0.6 is 11.6 Å². The van der Waals surface area contributed by atoms with E-state index in [4.69, 9.17) is 11.6 Å². The Hall–Kier alpha value is -1.91. The minimum absolute atomic E-state index is 0.0899. The molecule has 0 saturated heterocycles. The Morgan fingerprint density at radius 3 is 2.73 bits per heavy atom. The summed E-state index contributed by atoms with van der Waals surface area (Å²) in [6.07, 6.45) is 1.02. The Bertz CT molecular complexity index is 690. The molecule has 2 aromatic rings. The molecular weight excluding hydrogens is 300 g/mol. The van der Waals surface area contributed by atoms with Crippen molar-refractivity contribution in [2.45, 2.75) is 18.3 Å². The largest absolute Gasteiger partial charge is 0.297 e. The van der Waals surface area contributed by atoms with Crippen LogP contribution < -0.4 is 0 Å². The summed E-state index contributed by atoms with van der Waals surface area (Å²) in [6, 6.07) is 15.0. The number of rotatable bonds is 4. The van der Waals surface area contributed by atoms with Crippen LogP contribution in [0.15, 0.2) is 48.5 Å². The molecule has 1 aliphatic rings. The maximum absolute atomic E-state index is 10.9. The number of hydrogen-bond acceptors (Lipinski definition) is 3. The zero-order valence-corrected chi connectivity index (χ0v) is 12.9. The van der Waals surface area contributed by atoms with Gasteiger partial charge in [0.05, 0.1) is 10.3 Å². The monoisotopic (exact) mass is 316 g/mol. The van der Waals surface area contributed by atoms with Crippen molar-refractivity contribution >= 4 is 17.3 Å². The Morgan fingerprint density at radius 1 is 1.18 bits per heavy atom. The lowest BCUT2D eigenvalue weighted by Gasteiger charge is -2.30.